The lowest BCUT2D eigenvalue weighted by molar-refractivity contribution is -0.122. The van der Waals surface area contributed by atoms with Gasteiger partial charge in [0.15, 0.2) is 0 Å². The standard InChI is InChI=1S/C23H20N2O3S2/c1-3-13-24-18-7-5-4-6-17(18)19(21(24)26)20-22(27)25(23(29)30-20)14-12-15-8-10-16(28-2)11-9-15/h3-11H,1,12-14H2,2H3/b20-19-. The molecule has 2 aliphatic heterocycles. The van der Waals surface area contributed by atoms with Gasteiger partial charge < -0.3 is 9.64 Å². The number of carbonyl (C=O) groups excluding carboxylic acids is 2. The highest BCUT2D eigenvalue weighted by Gasteiger charge is 2.41. The van der Waals surface area contributed by atoms with Crippen molar-refractivity contribution in [3.05, 3.63) is 77.2 Å². The average Bonchev–Trinajstić information content (AvgIpc) is 3.20. The summed E-state index contributed by atoms with van der Waals surface area (Å²) in [5.41, 5.74) is 3.06. The topological polar surface area (TPSA) is 49.9 Å². The van der Waals surface area contributed by atoms with Gasteiger partial charge in [-0.15, -0.1) is 6.58 Å². The Morgan fingerprint density at radius 1 is 1.07 bits per heavy atom. The number of carbonyl (C=O) groups is 2. The lowest BCUT2D eigenvalue weighted by Crippen LogP contribution is -2.31. The number of methoxy groups -OCH3 is 1. The molecular formula is C23H20N2O3S2. The number of fused-ring (bicyclic) bond motifs is 1. The van der Waals surface area contributed by atoms with Gasteiger partial charge in [0, 0.05) is 18.7 Å². The molecule has 0 bridgehead atoms. The van der Waals surface area contributed by atoms with Crippen molar-refractivity contribution < 1.29 is 14.3 Å². The quantitative estimate of drug-likeness (QED) is 0.389. The molecule has 1 fully saturated rings. The van der Waals surface area contributed by atoms with Crippen LogP contribution < -0.4 is 9.64 Å². The van der Waals surface area contributed by atoms with Gasteiger partial charge in [0.1, 0.15) is 10.1 Å². The van der Waals surface area contributed by atoms with E-state index in [1.165, 1.54) is 11.8 Å². The fourth-order valence-electron chi connectivity index (χ4n) is 3.59. The summed E-state index contributed by atoms with van der Waals surface area (Å²) in [6.45, 7) is 4.58. The molecule has 0 aromatic heterocycles. The van der Waals surface area contributed by atoms with Crippen molar-refractivity contribution in [2.24, 2.45) is 0 Å². The van der Waals surface area contributed by atoms with Crippen LogP contribution in [0.4, 0.5) is 5.69 Å². The molecule has 0 atom stereocenters. The second kappa shape index (κ2) is 8.45. The fraction of sp³-hybridized carbons (Fsp3) is 0.174. The number of nitrogens with zero attached hydrogens (tertiary/aromatic N) is 2. The Hall–Kier alpha value is -2.90. The fourth-order valence-corrected chi connectivity index (χ4v) is 4.97. The minimum absolute atomic E-state index is 0.188. The third-order valence-corrected chi connectivity index (χ3v) is 6.54. The Bertz CT molecular complexity index is 1080. The number of hydrogen-bond donors (Lipinski definition) is 0. The van der Waals surface area contributed by atoms with E-state index in [4.69, 9.17) is 17.0 Å². The molecule has 0 radical (unpaired) electrons. The van der Waals surface area contributed by atoms with Crippen LogP contribution in [-0.2, 0) is 16.0 Å². The number of thioether (sulfide) groups is 1. The highest BCUT2D eigenvalue weighted by atomic mass is 32.2. The average molecular weight is 437 g/mol. The van der Waals surface area contributed by atoms with Crippen LogP contribution in [0.5, 0.6) is 5.75 Å². The molecule has 0 spiro atoms. The van der Waals surface area contributed by atoms with Crippen molar-refractivity contribution in [1.82, 2.24) is 4.90 Å². The molecule has 0 saturated carbocycles. The van der Waals surface area contributed by atoms with Gasteiger partial charge in [-0.3, -0.25) is 14.5 Å². The minimum atomic E-state index is -0.211. The van der Waals surface area contributed by atoms with Crippen molar-refractivity contribution in [3.8, 4) is 5.75 Å². The van der Waals surface area contributed by atoms with E-state index in [0.29, 0.717) is 34.3 Å². The van der Waals surface area contributed by atoms with E-state index >= 15 is 0 Å². The molecule has 0 N–H and O–H groups in total. The van der Waals surface area contributed by atoms with Gasteiger partial charge in [0.05, 0.1) is 23.3 Å². The van der Waals surface area contributed by atoms with Crippen LogP contribution in [-0.4, -0.2) is 41.2 Å². The van der Waals surface area contributed by atoms with Gasteiger partial charge in [-0.05, 0) is 30.2 Å². The highest BCUT2D eigenvalue weighted by molar-refractivity contribution is 8.26. The minimum Gasteiger partial charge on any atom is -0.497 e. The summed E-state index contributed by atoms with van der Waals surface area (Å²) in [5.74, 6) is 0.389. The number of amides is 2. The first kappa shape index (κ1) is 20.4. The largest absolute Gasteiger partial charge is 0.497 e. The predicted octanol–water partition coefficient (Wildman–Crippen LogP) is 4.04. The molecule has 2 aromatic carbocycles. The van der Waals surface area contributed by atoms with Crippen LogP contribution in [0.2, 0.25) is 0 Å². The van der Waals surface area contributed by atoms with Gasteiger partial charge in [0.2, 0.25) is 0 Å². The normalized spacial score (nSPS) is 18.2. The zero-order valence-corrected chi connectivity index (χ0v) is 18.1. The van der Waals surface area contributed by atoms with E-state index in [9.17, 15) is 9.59 Å². The Morgan fingerprint density at radius 2 is 1.80 bits per heavy atom. The first-order valence-electron chi connectivity index (χ1n) is 9.48. The van der Waals surface area contributed by atoms with Crippen LogP contribution in [0.25, 0.3) is 5.57 Å². The SMILES string of the molecule is C=CCN1C(=O)/C(=C2\SC(=S)N(CCc3ccc(OC)cc3)C2=O)c2ccccc21. The Labute approximate surface area is 185 Å². The summed E-state index contributed by atoms with van der Waals surface area (Å²) in [6, 6.07) is 15.2. The number of ether oxygens (including phenoxy) is 1. The van der Waals surface area contributed by atoms with Gasteiger partial charge >= 0.3 is 0 Å². The smallest absolute Gasteiger partial charge is 0.267 e. The van der Waals surface area contributed by atoms with Crippen molar-refractivity contribution in [3.63, 3.8) is 0 Å². The first-order chi connectivity index (χ1) is 14.5. The number of rotatable bonds is 6. The van der Waals surface area contributed by atoms with E-state index in [0.717, 1.165) is 22.6 Å². The van der Waals surface area contributed by atoms with Gasteiger partial charge in [-0.2, -0.15) is 0 Å². The number of thiocarbonyl (C=S) groups is 1. The number of hydrogen-bond acceptors (Lipinski definition) is 5. The van der Waals surface area contributed by atoms with Crippen LogP contribution in [0.1, 0.15) is 11.1 Å². The highest BCUT2D eigenvalue weighted by Crippen LogP contribution is 2.44. The molecule has 1 saturated heterocycles. The van der Waals surface area contributed by atoms with E-state index in [2.05, 4.69) is 6.58 Å². The van der Waals surface area contributed by atoms with Gasteiger partial charge in [0.25, 0.3) is 11.8 Å². The Kier molecular flexibility index (Phi) is 5.74. The van der Waals surface area contributed by atoms with Crippen LogP contribution in [0, 0.1) is 0 Å². The molecule has 5 nitrogen and oxygen atoms in total. The summed E-state index contributed by atoms with van der Waals surface area (Å²) < 4.78 is 5.66. The maximum Gasteiger partial charge on any atom is 0.267 e. The number of anilines is 1. The lowest BCUT2D eigenvalue weighted by Gasteiger charge is -2.15. The summed E-state index contributed by atoms with van der Waals surface area (Å²) >= 11 is 6.68. The summed E-state index contributed by atoms with van der Waals surface area (Å²) in [4.78, 5) is 29.9. The second-order valence-corrected chi connectivity index (χ2v) is 8.49. The van der Waals surface area contributed by atoms with E-state index in [1.54, 1.807) is 23.0 Å². The maximum absolute atomic E-state index is 13.2. The van der Waals surface area contributed by atoms with Crippen LogP contribution in [0.15, 0.2) is 66.1 Å². The monoisotopic (exact) mass is 436 g/mol. The first-order valence-corrected chi connectivity index (χ1v) is 10.7. The molecule has 0 aliphatic carbocycles. The van der Waals surface area contributed by atoms with Gasteiger partial charge in [-0.25, -0.2) is 0 Å². The van der Waals surface area contributed by atoms with Crippen LogP contribution >= 0.6 is 24.0 Å². The summed E-state index contributed by atoms with van der Waals surface area (Å²) in [7, 11) is 1.63. The third-order valence-electron chi connectivity index (χ3n) is 5.09. The second-order valence-electron chi connectivity index (χ2n) is 6.85. The molecule has 7 heteroatoms. The molecule has 2 amide bonds. The zero-order chi connectivity index (χ0) is 21.3. The molecule has 2 aliphatic rings. The zero-order valence-electron chi connectivity index (χ0n) is 16.5. The predicted molar refractivity (Wildman–Crippen MR) is 125 cm³/mol. The van der Waals surface area contributed by atoms with Crippen molar-refractivity contribution in [2.45, 2.75) is 6.42 Å². The van der Waals surface area contributed by atoms with E-state index in [1.807, 2.05) is 48.5 Å². The van der Waals surface area contributed by atoms with Gasteiger partial charge in [-0.1, -0.05) is 60.4 Å². The Morgan fingerprint density at radius 3 is 2.50 bits per heavy atom. The number of para-hydroxylation sites is 1. The molecule has 2 heterocycles. The maximum atomic E-state index is 13.2. The lowest BCUT2D eigenvalue weighted by atomic mass is 10.1. The van der Waals surface area contributed by atoms with Crippen molar-refractivity contribution in [1.29, 1.82) is 0 Å². The summed E-state index contributed by atoms with van der Waals surface area (Å²) in [5, 5.41) is 0. The third kappa shape index (κ3) is 3.55. The van der Waals surface area contributed by atoms with E-state index < -0.39 is 0 Å². The molecule has 30 heavy (non-hydrogen) atoms. The molecule has 152 valence electrons. The van der Waals surface area contributed by atoms with Crippen molar-refractivity contribution in [2.75, 3.05) is 25.1 Å². The van der Waals surface area contributed by atoms with Crippen LogP contribution in [0.3, 0.4) is 0 Å². The molecule has 0 unspecified atom stereocenters. The molecular weight excluding hydrogens is 416 g/mol. The number of benzene rings is 2. The van der Waals surface area contributed by atoms with E-state index in [-0.39, 0.29) is 11.8 Å². The summed E-state index contributed by atoms with van der Waals surface area (Å²) in [6.07, 6.45) is 2.34. The molecule has 2 aromatic rings. The van der Waals surface area contributed by atoms with Crippen molar-refractivity contribution >= 4 is 51.4 Å². The Balaban J connectivity index is 1.60. The molecule has 4 rings (SSSR count).